The van der Waals surface area contributed by atoms with Gasteiger partial charge in [0, 0.05) is 31.6 Å². The summed E-state index contributed by atoms with van der Waals surface area (Å²) in [5.41, 5.74) is 5.31. The van der Waals surface area contributed by atoms with Crippen molar-refractivity contribution in [3.63, 3.8) is 0 Å². The second-order valence-corrected chi connectivity index (χ2v) is 6.15. The Balaban J connectivity index is 2.70. The van der Waals surface area contributed by atoms with E-state index in [4.69, 9.17) is 5.73 Å². The van der Waals surface area contributed by atoms with Crippen molar-refractivity contribution in [2.24, 2.45) is 5.73 Å². The minimum Gasteiger partial charge on any atom is -0.356 e. The van der Waals surface area contributed by atoms with Crippen LogP contribution < -0.4 is 15.8 Å². The van der Waals surface area contributed by atoms with Crippen molar-refractivity contribution in [2.75, 3.05) is 13.1 Å². The van der Waals surface area contributed by atoms with Crippen molar-refractivity contribution >= 4 is 15.9 Å². The van der Waals surface area contributed by atoms with Gasteiger partial charge >= 0.3 is 0 Å². The number of nitrogens with two attached hydrogens (primary N) is 1. The minimum atomic E-state index is -3.89. The first-order chi connectivity index (χ1) is 9.92. The van der Waals surface area contributed by atoms with E-state index in [-0.39, 0.29) is 35.9 Å². The summed E-state index contributed by atoms with van der Waals surface area (Å²) in [6.45, 7) is 2.19. The molecule has 1 rings (SSSR count). The van der Waals surface area contributed by atoms with E-state index in [1.165, 1.54) is 12.1 Å². The Labute approximate surface area is 124 Å². The lowest BCUT2D eigenvalue weighted by atomic mass is 10.2. The first kappa shape index (κ1) is 17.5. The Bertz CT molecular complexity index is 590. The predicted molar refractivity (Wildman–Crippen MR) is 77.4 cm³/mol. The van der Waals surface area contributed by atoms with Crippen LogP contribution in [0.1, 0.15) is 25.3 Å². The molecule has 0 fully saturated rings. The van der Waals surface area contributed by atoms with Gasteiger partial charge in [-0.3, -0.25) is 4.79 Å². The lowest BCUT2D eigenvalue weighted by Crippen LogP contribution is -2.31. The molecule has 21 heavy (non-hydrogen) atoms. The summed E-state index contributed by atoms with van der Waals surface area (Å²) >= 11 is 0. The first-order valence-electron chi connectivity index (χ1n) is 6.66. The van der Waals surface area contributed by atoms with Gasteiger partial charge in [-0.15, -0.1) is 0 Å². The van der Waals surface area contributed by atoms with Gasteiger partial charge in [0.2, 0.25) is 15.9 Å². The maximum Gasteiger partial charge on any atom is 0.241 e. The van der Waals surface area contributed by atoms with E-state index in [0.717, 1.165) is 12.5 Å². The molecule has 0 aliphatic rings. The number of halogens is 1. The molecule has 0 aromatic heterocycles. The number of carbonyl (C=O) groups is 1. The summed E-state index contributed by atoms with van der Waals surface area (Å²) in [6.07, 6.45) is 0.827. The molecule has 0 bridgehead atoms. The summed E-state index contributed by atoms with van der Waals surface area (Å²) in [4.78, 5) is 11.2. The summed E-state index contributed by atoms with van der Waals surface area (Å²) in [6, 6.07) is 3.74. The minimum absolute atomic E-state index is 0.0203. The molecule has 0 heterocycles. The van der Waals surface area contributed by atoms with Crippen LogP contribution in [0.3, 0.4) is 0 Å². The van der Waals surface area contributed by atoms with Crippen LogP contribution >= 0.6 is 0 Å². The van der Waals surface area contributed by atoms with Gasteiger partial charge in [-0.05, 0) is 18.6 Å². The number of amides is 1. The topological polar surface area (TPSA) is 101 Å². The van der Waals surface area contributed by atoms with Crippen molar-refractivity contribution < 1.29 is 17.6 Å². The lowest BCUT2D eigenvalue weighted by molar-refractivity contribution is -0.120. The van der Waals surface area contributed by atoms with Gasteiger partial charge in [-0.2, -0.15) is 0 Å². The zero-order valence-electron chi connectivity index (χ0n) is 11.9. The van der Waals surface area contributed by atoms with Gasteiger partial charge in [-0.1, -0.05) is 13.0 Å². The number of sulfonamides is 1. The lowest BCUT2D eigenvalue weighted by Gasteiger charge is -2.11. The van der Waals surface area contributed by atoms with E-state index in [0.29, 0.717) is 6.54 Å². The molecule has 0 aliphatic carbocycles. The monoisotopic (exact) mass is 317 g/mol. The highest BCUT2D eigenvalue weighted by Crippen LogP contribution is 2.18. The maximum absolute atomic E-state index is 13.5. The van der Waals surface area contributed by atoms with Crippen LogP contribution in [-0.4, -0.2) is 27.4 Å². The quantitative estimate of drug-likeness (QED) is 0.649. The molecule has 6 nitrogen and oxygen atoms in total. The molecule has 0 saturated heterocycles. The highest BCUT2D eigenvalue weighted by molar-refractivity contribution is 7.89. The van der Waals surface area contributed by atoms with Gasteiger partial charge in [0.05, 0.1) is 4.90 Å². The molecule has 1 amide bonds. The van der Waals surface area contributed by atoms with Crippen LogP contribution in [0.25, 0.3) is 0 Å². The summed E-state index contributed by atoms with van der Waals surface area (Å²) in [7, 11) is -3.89. The second-order valence-electron chi connectivity index (χ2n) is 4.42. The number of rotatable bonds is 8. The van der Waals surface area contributed by atoms with Crippen molar-refractivity contribution in [1.29, 1.82) is 0 Å². The molecule has 0 spiro atoms. The Morgan fingerprint density at radius 2 is 2.05 bits per heavy atom. The molecule has 118 valence electrons. The van der Waals surface area contributed by atoms with Gasteiger partial charge < -0.3 is 11.1 Å². The fourth-order valence-electron chi connectivity index (χ4n) is 1.72. The van der Waals surface area contributed by atoms with Gasteiger partial charge in [0.15, 0.2) is 0 Å². The molecule has 4 N–H and O–H groups in total. The summed E-state index contributed by atoms with van der Waals surface area (Å²) in [5, 5.41) is 2.64. The molecule has 8 heteroatoms. The van der Waals surface area contributed by atoms with Gasteiger partial charge in [0.1, 0.15) is 5.82 Å². The third-order valence-electron chi connectivity index (χ3n) is 2.79. The number of benzene rings is 1. The number of hydrogen-bond donors (Lipinski definition) is 3. The fraction of sp³-hybridized carbons (Fsp3) is 0.462. The SMILES string of the molecule is CCCNC(=O)CCNS(=O)(=O)c1cccc(F)c1CN. The largest absolute Gasteiger partial charge is 0.356 e. The van der Waals surface area contributed by atoms with Gasteiger partial charge in [-0.25, -0.2) is 17.5 Å². The van der Waals surface area contributed by atoms with E-state index in [1.54, 1.807) is 0 Å². The number of hydrogen-bond acceptors (Lipinski definition) is 4. The van der Waals surface area contributed by atoms with E-state index >= 15 is 0 Å². The highest BCUT2D eigenvalue weighted by atomic mass is 32.2. The van der Waals surface area contributed by atoms with Crippen LogP contribution in [0.15, 0.2) is 23.1 Å². The number of nitrogens with one attached hydrogen (secondary N) is 2. The molecular weight excluding hydrogens is 297 g/mol. The predicted octanol–water partition coefficient (Wildman–Crippen LogP) is 0.479. The second kappa shape index (κ2) is 8.06. The average Bonchev–Trinajstić information content (AvgIpc) is 2.44. The van der Waals surface area contributed by atoms with Gasteiger partial charge in [0.25, 0.3) is 0 Å². The van der Waals surface area contributed by atoms with E-state index in [9.17, 15) is 17.6 Å². The third-order valence-corrected chi connectivity index (χ3v) is 4.33. The molecule has 0 radical (unpaired) electrons. The fourth-order valence-corrected chi connectivity index (χ4v) is 3.01. The zero-order chi connectivity index (χ0) is 15.9. The normalized spacial score (nSPS) is 11.4. The summed E-state index contributed by atoms with van der Waals surface area (Å²) < 4.78 is 40.0. The molecule has 0 unspecified atom stereocenters. The average molecular weight is 317 g/mol. The van der Waals surface area contributed by atoms with Crippen LogP contribution in [0, 0.1) is 5.82 Å². The molecule has 1 aromatic rings. The third kappa shape index (κ3) is 5.07. The standard InChI is InChI=1S/C13H20FN3O3S/c1-2-7-16-13(18)6-8-17-21(19,20)12-5-3-4-11(14)10(12)9-15/h3-5,17H,2,6-9,15H2,1H3,(H,16,18). The van der Waals surface area contributed by atoms with E-state index in [2.05, 4.69) is 10.0 Å². The Morgan fingerprint density at radius 1 is 1.33 bits per heavy atom. The Kier molecular flexibility index (Phi) is 6.73. The molecule has 0 saturated carbocycles. The van der Waals surface area contributed by atoms with Crippen LogP contribution in [-0.2, 0) is 21.4 Å². The molecular formula is C13H20FN3O3S. The van der Waals surface area contributed by atoms with Crippen LogP contribution in [0.5, 0.6) is 0 Å². The van der Waals surface area contributed by atoms with Crippen LogP contribution in [0.2, 0.25) is 0 Å². The van der Waals surface area contributed by atoms with Crippen molar-refractivity contribution in [2.45, 2.75) is 31.2 Å². The van der Waals surface area contributed by atoms with Crippen molar-refractivity contribution in [1.82, 2.24) is 10.0 Å². The van der Waals surface area contributed by atoms with E-state index < -0.39 is 15.8 Å². The number of carbonyl (C=O) groups excluding carboxylic acids is 1. The first-order valence-corrected chi connectivity index (χ1v) is 8.14. The molecule has 1 aromatic carbocycles. The Hall–Kier alpha value is -1.51. The van der Waals surface area contributed by atoms with E-state index in [1.807, 2.05) is 6.92 Å². The molecule has 0 atom stereocenters. The molecule has 0 aliphatic heterocycles. The Morgan fingerprint density at radius 3 is 2.67 bits per heavy atom. The summed E-state index contributed by atoms with van der Waals surface area (Å²) in [5.74, 6) is -0.904. The van der Waals surface area contributed by atoms with Crippen molar-refractivity contribution in [3.8, 4) is 0 Å². The van der Waals surface area contributed by atoms with Crippen LogP contribution in [0.4, 0.5) is 4.39 Å². The highest BCUT2D eigenvalue weighted by Gasteiger charge is 2.20. The zero-order valence-corrected chi connectivity index (χ0v) is 12.7. The maximum atomic E-state index is 13.5. The van der Waals surface area contributed by atoms with Crippen molar-refractivity contribution in [3.05, 3.63) is 29.6 Å². The smallest absolute Gasteiger partial charge is 0.241 e.